The van der Waals surface area contributed by atoms with E-state index >= 15 is 0 Å². The summed E-state index contributed by atoms with van der Waals surface area (Å²) in [4.78, 5) is 40.2. The highest BCUT2D eigenvalue weighted by Crippen LogP contribution is 2.42. The molecule has 1 N–H and O–H groups in total. The summed E-state index contributed by atoms with van der Waals surface area (Å²) in [6.07, 6.45) is 0. The first-order valence-electron chi connectivity index (χ1n) is 7.15. The minimum atomic E-state index is -0.761. The lowest BCUT2D eigenvalue weighted by Gasteiger charge is -2.22. The number of carbonyl (C=O) groups excluding carboxylic acids is 2. The van der Waals surface area contributed by atoms with Crippen molar-refractivity contribution in [2.75, 3.05) is 7.11 Å². The number of hydrogen-bond donors (Lipinski definition) is 1. The fourth-order valence-electron chi connectivity index (χ4n) is 3.19. The summed E-state index contributed by atoms with van der Waals surface area (Å²) in [5.74, 6) is -1.00. The molecule has 1 aliphatic carbocycles. The third-order valence-corrected chi connectivity index (χ3v) is 4.50. The van der Waals surface area contributed by atoms with E-state index in [9.17, 15) is 14.4 Å². The summed E-state index contributed by atoms with van der Waals surface area (Å²) in [6.45, 7) is 0. The zero-order chi connectivity index (χ0) is 17.0. The summed E-state index contributed by atoms with van der Waals surface area (Å²) in [7, 11) is 1.21. The molecule has 0 aliphatic heterocycles. The maximum atomic E-state index is 12.9. The van der Waals surface area contributed by atoms with Crippen molar-refractivity contribution in [3.63, 3.8) is 0 Å². The molecule has 118 valence electrons. The van der Waals surface area contributed by atoms with Gasteiger partial charge in [0.05, 0.1) is 17.7 Å². The smallest absolute Gasteiger partial charge is 0.344 e. The van der Waals surface area contributed by atoms with E-state index in [1.54, 1.807) is 36.4 Å². The Morgan fingerprint density at radius 1 is 1.04 bits per heavy atom. The Labute approximate surface area is 140 Å². The third kappa shape index (κ3) is 1.79. The molecular formula is C18H10ClNO4. The first-order chi connectivity index (χ1) is 11.5. The number of ketones is 1. The van der Waals surface area contributed by atoms with Gasteiger partial charge in [0.15, 0.2) is 5.78 Å². The van der Waals surface area contributed by atoms with Crippen LogP contribution in [0.25, 0.3) is 22.0 Å². The number of nitrogens with one attached hydrogen (secondary N) is 1. The van der Waals surface area contributed by atoms with Gasteiger partial charge in [-0.05, 0) is 17.7 Å². The van der Waals surface area contributed by atoms with Gasteiger partial charge in [0.1, 0.15) is 5.56 Å². The van der Waals surface area contributed by atoms with Gasteiger partial charge in [-0.3, -0.25) is 9.59 Å². The number of carbonyl (C=O) groups is 2. The molecule has 0 amide bonds. The van der Waals surface area contributed by atoms with Gasteiger partial charge in [-0.25, -0.2) is 4.79 Å². The van der Waals surface area contributed by atoms with E-state index in [1.807, 2.05) is 0 Å². The highest BCUT2D eigenvalue weighted by Gasteiger charge is 2.32. The predicted molar refractivity (Wildman–Crippen MR) is 89.8 cm³/mol. The van der Waals surface area contributed by atoms with E-state index in [0.29, 0.717) is 27.6 Å². The van der Waals surface area contributed by atoms with Gasteiger partial charge < -0.3 is 9.72 Å². The Bertz CT molecular complexity index is 1110. The minimum absolute atomic E-state index is 0.131. The van der Waals surface area contributed by atoms with Crippen LogP contribution >= 0.6 is 11.6 Å². The van der Waals surface area contributed by atoms with Crippen molar-refractivity contribution >= 4 is 34.3 Å². The summed E-state index contributed by atoms with van der Waals surface area (Å²) in [5, 5.41) is 0.734. The quantitative estimate of drug-likeness (QED) is 0.540. The number of rotatable bonds is 1. The van der Waals surface area contributed by atoms with Crippen LogP contribution in [0.4, 0.5) is 0 Å². The number of ether oxygens (including phenoxy) is 1. The molecule has 0 radical (unpaired) electrons. The third-order valence-electron chi connectivity index (χ3n) is 4.19. The lowest BCUT2D eigenvalue weighted by Crippen LogP contribution is -2.24. The van der Waals surface area contributed by atoms with Gasteiger partial charge in [-0.2, -0.15) is 0 Å². The molecule has 0 unspecified atom stereocenters. The van der Waals surface area contributed by atoms with Crippen LogP contribution in [0.3, 0.4) is 0 Å². The zero-order valence-corrected chi connectivity index (χ0v) is 13.2. The topological polar surface area (TPSA) is 76.2 Å². The van der Waals surface area contributed by atoms with Crippen molar-refractivity contribution in [2.45, 2.75) is 0 Å². The van der Waals surface area contributed by atoms with E-state index in [1.165, 1.54) is 7.11 Å². The maximum Gasteiger partial charge on any atom is 0.344 e. The normalized spacial score (nSPS) is 12.2. The maximum absolute atomic E-state index is 12.9. The number of hydrogen-bond acceptors (Lipinski definition) is 4. The average Bonchev–Trinajstić information content (AvgIpc) is 2.59. The highest BCUT2D eigenvalue weighted by molar-refractivity contribution is 6.39. The molecule has 4 rings (SSSR count). The average molecular weight is 340 g/mol. The molecule has 3 aromatic rings. The molecule has 5 nitrogen and oxygen atoms in total. The van der Waals surface area contributed by atoms with Crippen molar-refractivity contribution in [3.8, 4) is 11.1 Å². The van der Waals surface area contributed by atoms with Crippen molar-refractivity contribution in [3.05, 3.63) is 68.5 Å². The monoisotopic (exact) mass is 339 g/mol. The van der Waals surface area contributed by atoms with Crippen LogP contribution in [-0.4, -0.2) is 23.8 Å². The van der Waals surface area contributed by atoms with E-state index in [-0.39, 0.29) is 21.9 Å². The number of esters is 1. The number of fused-ring (bicyclic) bond motifs is 2. The molecule has 24 heavy (non-hydrogen) atoms. The number of H-pyrrole nitrogens is 1. The molecular weight excluding hydrogens is 330 g/mol. The summed E-state index contributed by atoms with van der Waals surface area (Å²) >= 11 is 6.25. The molecule has 0 saturated carbocycles. The summed E-state index contributed by atoms with van der Waals surface area (Å²) in [6, 6.07) is 10.0. The van der Waals surface area contributed by atoms with Crippen LogP contribution in [0, 0.1) is 0 Å². The predicted octanol–water partition coefficient (Wildman–Crippen LogP) is 3.18. The van der Waals surface area contributed by atoms with E-state index in [4.69, 9.17) is 16.3 Å². The van der Waals surface area contributed by atoms with Crippen molar-refractivity contribution in [2.24, 2.45) is 0 Å². The molecule has 1 aromatic heterocycles. The number of benzene rings is 2. The Hall–Kier alpha value is -2.92. The van der Waals surface area contributed by atoms with E-state index < -0.39 is 11.5 Å². The molecule has 0 bridgehead atoms. The molecule has 0 spiro atoms. The second-order valence-electron chi connectivity index (χ2n) is 5.42. The first kappa shape index (κ1) is 14.7. The number of aromatic amines is 1. The van der Waals surface area contributed by atoms with Gasteiger partial charge in [-0.1, -0.05) is 35.9 Å². The largest absolute Gasteiger partial charge is 0.465 e. The first-order valence-corrected chi connectivity index (χ1v) is 7.53. The van der Waals surface area contributed by atoms with Crippen LogP contribution in [-0.2, 0) is 4.74 Å². The Morgan fingerprint density at radius 2 is 1.75 bits per heavy atom. The number of methoxy groups -OCH3 is 1. The number of halogens is 1. The van der Waals surface area contributed by atoms with Gasteiger partial charge in [-0.15, -0.1) is 0 Å². The van der Waals surface area contributed by atoms with Crippen molar-refractivity contribution in [1.29, 1.82) is 0 Å². The Kier molecular flexibility index (Phi) is 3.08. The molecule has 0 atom stereocenters. The Morgan fingerprint density at radius 3 is 2.46 bits per heavy atom. The zero-order valence-electron chi connectivity index (χ0n) is 12.5. The van der Waals surface area contributed by atoms with Crippen molar-refractivity contribution < 1.29 is 14.3 Å². The van der Waals surface area contributed by atoms with Gasteiger partial charge in [0.25, 0.3) is 5.56 Å². The lowest BCUT2D eigenvalue weighted by molar-refractivity contribution is 0.0599. The molecule has 0 saturated heterocycles. The standard InChI is InChI=1S/C18H10ClNO4/c1-24-18(23)15-12-8-4-2-3-5-9(8)16(21)13-10(19)6-7-11(14(12)13)20-17(15)22/h2-7H,1H3,(H,20,22). The highest BCUT2D eigenvalue weighted by atomic mass is 35.5. The van der Waals surface area contributed by atoms with Gasteiger partial charge in [0.2, 0.25) is 0 Å². The fraction of sp³-hybridized carbons (Fsp3) is 0.0556. The minimum Gasteiger partial charge on any atom is -0.465 e. The van der Waals surface area contributed by atoms with Crippen LogP contribution in [0.1, 0.15) is 26.3 Å². The molecule has 1 aliphatic rings. The van der Waals surface area contributed by atoms with Crippen LogP contribution in [0.5, 0.6) is 0 Å². The van der Waals surface area contributed by atoms with Gasteiger partial charge in [0, 0.05) is 22.0 Å². The molecule has 1 heterocycles. The summed E-state index contributed by atoms with van der Waals surface area (Å²) < 4.78 is 4.77. The molecule has 0 fully saturated rings. The lowest BCUT2D eigenvalue weighted by atomic mass is 9.82. The molecule has 6 heteroatoms. The number of pyridine rings is 1. The van der Waals surface area contributed by atoms with Crippen LogP contribution in [0.15, 0.2) is 41.2 Å². The Balaban J connectivity index is 2.33. The van der Waals surface area contributed by atoms with E-state index in [2.05, 4.69) is 4.98 Å². The second-order valence-corrected chi connectivity index (χ2v) is 5.82. The fourth-order valence-corrected chi connectivity index (χ4v) is 3.43. The van der Waals surface area contributed by atoms with Crippen LogP contribution < -0.4 is 5.56 Å². The van der Waals surface area contributed by atoms with Gasteiger partial charge >= 0.3 is 5.97 Å². The summed E-state index contributed by atoms with van der Waals surface area (Å²) in [5.41, 5.74) is 1.33. The second kappa shape index (κ2) is 5.04. The SMILES string of the molecule is COC(=O)c1c2c3c(c(Cl)ccc3[nH]c1=O)C(=O)c1ccccc1-2. The molecule has 2 aromatic carbocycles. The van der Waals surface area contributed by atoms with Crippen molar-refractivity contribution in [1.82, 2.24) is 4.98 Å². The van der Waals surface area contributed by atoms with E-state index in [0.717, 1.165) is 0 Å². The van der Waals surface area contributed by atoms with Crippen LogP contribution in [0.2, 0.25) is 5.02 Å². The number of aromatic nitrogens is 1.